The lowest BCUT2D eigenvalue weighted by atomic mass is 9.96. The number of amides is 1. The first-order valence-electron chi connectivity index (χ1n) is 13.6. The number of carbonyl (C=O) groups is 2. The average Bonchev–Trinajstić information content (AvgIpc) is 3.35. The van der Waals surface area contributed by atoms with Crippen molar-refractivity contribution >= 4 is 17.4 Å². The molecule has 208 valence electrons. The van der Waals surface area contributed by atoms with Gasteiger partial charge in [-0.1, -0.05) is 60.7 Å². The Bertz CT molecular complexity index is 1630. The van der Waals surface area contributed by atoms with Crippen LogP contribution in [0.25, 0.3) is 0 Å². The van der Waals surface area contributed by atoms with Gasteiger partial charge in [0.2, 0.25) is 5.88 Å². The Labute approximate surface area is 236 Å². The zero-order valence-electron chi connectivity index (χ0n) is 22.5. The fourth-order valence-corrected chi connectivity index (χ4v) is 5.19. The number of Topliss-reactive ketones (excluding diaryl/α,β-unsaturated/α-hetero) is 1. The van der Waals surface area contributed by atoms with Crippen molar-refractivity contribution in [3.05, 3.63) is 113 Å². The SMILES string of the molecule is Cc1ccc(Oc2c(C(=O)N[C@H]3N=C(c4ccccc4)c4ccccc4CC3=O)cnn2C2CCOCC2)c(F)c1. The third-order valence-corrected chi connectivity index (χ3v) is 7.34. The summed E-state index contributed by atoms with van der Waals surface area (Å²) in [5.41, 5.74) is 3.96. The van der Waals surface area contributed by atoms with Gasteiger partial charge in [-0.05, 0) is 43.0 Å². The quantitative estimate of drug-likeness (QED) is 0.355. The first-order valence-corrected chi connectivity index (χ1v) is 13.6. The number of ketones is 1. The number of halogens is 1. The molecule has 0 spiro atoms. The third-order valence-electron chi connectivity index (χ3n) is 7.34. The molecule has 0 saturated carbocycles. The van der Waals surface area contributed by atoms with E-state index in [0.717, 1.165) is 22.3 Å². The van der Waals surface area contributed by atoms with E-state index in [9.17, 15) is 14.0 Å². The second-order valence-electron chi connectivity index (χ2n) is 10.2. The lowest BCUT2D eigenvalue weighted by Gasteiger charge is -2.24. The van der Waals surface area contributed by atoms with Crippen LogP contribution in [0.15, 0.2) is 84.0 Å². The van der Waals surface area contributed by atoms with Gasteiger partial charge >= 0.3 is 0 Å². The van der Waals surface area contributed by atoms with Gasteiger partial charge in [0.05, 0.1) is 18.0 Å². The molecular formula is C32H29FN4O4. The maximum absolute atomic E-state index is 14.8. The number of fused-ring (bicyclic) bond motifs is 1. The monoisotopic (exact) mass is 552 g/mol. The van der Waals surface area contributed by atoms with Crippen LogP contribution < -0.4 is 10.1 Å². The van der Waals surface area contributed by atoms with E-state index in [0.29, 0.717) is 31.8 Å². The van der Waals surface area contributed by atoms with Crippen LogP contribution in [0.4, 0.5) is 4.39 Å². The van der Waals surface area contributed by atoms with Crippen molar-refractivity contribution in [1.82, 2.24) is 15.1 Å². The molecule has 41 heavy (non-hydrogen) atoms. The number of benzene rings is 3. The first kappa shape index (κ1) is 26.6. The minimum atomic E-state index is -1.14. The normalized spacial score (nSPS) is 17.4. The van der Waals surface area contributed by atoms with Gasteiger partial charge in [-0.15, -0.1) is 0 Å². The van der Waals surface area contributed by atoms with Crippen LogP contribution in [0, 0.1) is 12.7 Å². The molecule has 1 aromatic heterocycles. The van der Waals surface area contributed by atoms with E-state index in [2.05, 4.69) is 10.4 Å². The zero-order valence-corrected chi connectivity index (χ0v) is 22.5. The van der Waals surface area contributed by atoms with Gasteiger partial charge in [-0.2, -0.15) is 5.10 Å². The van der Waals surface area contributed by atoms with Gasteiger partial charge < -0.3 is 14.8 Å². The van der Waals surface area contributed by atoms with Crippen LogP contribution >= 0.6 is 0 Å². The Hall–Kier alpha value is -4.63. The fraction of sp³-hybridized carbons (Fsp3) is 0.250. The van der Waals surface area contributed by atoms with Crippen molar-refractivity contribution < 1.29 is 23.5 Å². The molecule has 0 bridgehead atoms. The highest BCUT2D eigenvalue weighted by Crippen LogP contribution is 2.33. The summed E-state index contributed by atoms with van der Waals surface area (Å²) in [5, 5.41) is 7.26. The third kappa shape index (κ3) is 5.53. The number of carbonyl (C=O) groups excluding carboxylic acids is 2. The molecule has 0 aliphatic carbocycles. The molecule has 2 aliphatic heterocycles. The van der Waals surface area contributed by atoms with E-state index < -0.39 is 17.9 Å². The van der Waals surface area contributed by atoms with E-state index in [1.807, 2.05) is 54.6 Å². The van der Waals surface area contributed by atoms with E-state index in [-0.39, 0.29) is 35.4 Å². The Balaban J connectivity index is 1.36. The van der Waals surface area contributed by atoms with Gasteiger partial charge in [0.1, 0.15) is 5.56 Å². The zero-order chi connectivity index (χ0) is 28.3. The molecule has 3 aromatic carbocycles. The van der Waals surface area contributed by atoms with Crippen LogP contribution in [0.3, 0.4) is 0 Å². The Morgan fingerprint density at radius 1 is 1.05 bits per heavy atom. The number of hydrogen-bond donors (Lipinski definition) is 1. The minimum Gasteiger partial charge on any atom is -0.435 e. The van der Waals surface area contributed by atoms with Crippen molar-refractivity contribution in [2.45, 2.75) is 38.4 Å². The number of aryl methyl sites for hydroxylation is 1. The molecule has 3 heterocycles. The lowest BCUT2D eigenvalue weighted by Crippen LogP contribution is -2.40. The van der Waals surface area contributed by atoms with Gasteiger partial charge in [-0.25, -0.2) is 9.07 Å². The summed E-state index contributed by atoms with van der Waals surface area (Å²) in [4.78, 5) is 31.9. The van der Waals surface area contributed by atoms with Gasteiger partial charge in [0, 0.05) is 30.8 Å². The standard InChI is InChI=1S/C32H29FN4O4/c1-20-11-12-28(26(33)17-20)41-32-25(19-34-37(32)23-13-15-40-16-14-23)31(39)36-30-27(38)18-22-9-5-6-10-24(22)29(35-30)21-7-3-2-4-8-21/h2-12,17,19,23,30H,13-16,18H2,1H3,(H,36,39)/t30-/m1/s1. The average molecular weight is 553 g/mol. The number of nitrogens with zero attached hydrogens (tertiary/aromatic N) is 3. The molecule has 1 atom stereocenters. The topological polar surface area (TPSA) is 94.8 Å². The number of nitrogens with one attached hydrogen (secondary N) is 1. The van der Waals surface area contributed by atoms with E-state index in [1.54, 1.807) is 17.7 Å². The summed E-state index contributed by atoms with van der Waals surface area (Å²) >= 11 is 0. The van der Waals surface area contributed by atoms with Crippen molar-refractivity contribution in [3.8, 4) is 11.6 Å². The molecule has 1 saturated heterocycles. The predicted octanol–water partition coefficient (Wildman–Crippen LogP) is 5.19. The van der Waals surface area contributed by atoms with E-state index in [4.69, 9.17) is 14.5 Å². The van der Waals surface area contributed by atoms with Crippen LogP contribution in [-0.4, -0.2) is 46.6 Å². The van der Waals surface area contributed by atoms with Crippen LogP contribution in [0.1, 0.15) is 51.5 Å². The summed E-state index contributed by atoms with van der Waals surface area (Å²) in [5.74, 6) is -1.31. The second-order valence-corrected chi connectivity index (χ2v) is 10.2. The van der Waals surface area contributed by atoms with Crippen molar-refractivity contribution in [2.75, 3.05) is 13.2 Å². The molecule has 1 N–H and O–H groups in total. The van der Waals surface area contributed by atoms with Crippen molar-refractivity contribution in [3.63, 3.8) is 0 Å². The van der Waals surface area contributed by atoms with Gasteiger partial charge in [0.25, 0.3) is 5.91 Å². The second kappa shape index (κ2) is 11.5. The summed E-state index contributed by atoms with van der Waals surface area (Å²) in [6, 6.07) is 21.7. The first-order chi connectivity index (χ1) is 20.0. The summed E-state index contributed by atoms with van der Waals surface area (Å²) in [6.45, 7) is 2.86. The molecule has 9 heteroatoms. The van der Waals surface area contributed by atoms with Gasteiger partial charge in [-0.3, -0.25) is 14.6 Å². The molecule has 0 unspecified atom stereocenters. The maximum Gasteiger partial charge on any atom is 0.260 e. The molecule has 1 amide bonds. The van der Waals surface area contributed by atoms with E-state index >= 15 is 0 Å². The largest absolute Gasteiger partial charge is 0.435 e. The molecule has 4 aromatic rings. The number of ether oxygens (including phenoxy) is 2. The Kier molecular flexibility index (Phi) is 7.43. The Morgan fingerprint density at radius 3 is 2.59 bits per heavy atom. The molecule has 8 nitrogen and oxygen atoms in total. The number of rotatable bonds is 6. The smallest absolute Gasteiger partial charge is 0.260 e. The molecule has 0 radical (unpaired) electrons. The summed E-state index contributed by atoms with van der Waals surface area (Å²) in [6.07, 6.45) is 1.70. The Morgan fingerprint density at radius 2 is 1.80 bits per heavy atom. The molecular weight excluding hydrogens is 523 g/mol. The van der Waals surface area contributed by atoms with E-state index in [1.165, 1.54) is 18.3 Å². The van der Waals surface area contributed by atoms with Crippen LogP contribution in [-0.2, 0) is 16.0 Å². The summed E-state index contributed by atoms with van der Waals surface area (Å²) in [7, 11) is 0. The molecule has 2 aliphatic rings. The molecule has 1 fully saturated rings. The minimum absolute atomic E-state index is 0.0242. The highest BCUT2D eigenvalue weighted by atomic mass is 19.1. The van der Waals surface area contributed by atoms with Gasteiger partial charge in [0.15, 0.2) is 23.5 Å². The highest BCUT2D eigenvalue weighted by molar-refractivity contribution is 6.16. The van der Waals surface area contributed by atoms with Crippen LogP contribution in [0.2, 0.25) is 0 Å². The van der Waals surface area contributed by atoms with Crippen molar-refractivity contribution in [1.29, 1.82) is 0 Å². The predicted molar refractivity (Wildman–Crippen MR) is 151 cm³/mol. The number of hydrogen-bond acceptors (Lipinski definition) is 6. The van der Waals surface area contributed by atoms with Crippen LogP contribution in [0.5, 0.6) is 11.6 Å². The number of aliphatic imine (C=N–C) groups is 1. The number of aromatic nitrogens is 2. The highest BCUT2D eigenvalue weighted by Gasteiger charge is 2.31. The fourth-order valence-electron chi connectivity index (χ4n) is 5.19. The molecule has 6 rings (SSSR count). The summed E-state index contributed by atoms with van der Waals surface area (Å²) < 4.78 is 27.9. The van der Waals surface area contributed by atoms with Crippen molar-refractivity contribution in [2.24, 2.45) is 4.99 Å². The maximum atomic E-state index is 14.8. The lowest BCUT2D eigenvalue weighted by molar-refractivity contribution is -0.120.